The molecule has 1 amide bonds. The lowest BCUT2D eigenvalue weighted by Gasteiger charge is -2.20. The number of amides is 1. The molecule has 20 heavy (non-hydrogen) atoms. The Balaban J connectivity index is 1.96. The molecule has 2 rings (SSSR count). The van der Waals surface area contributed by atoms with Crippen LogP contribution in [0.1, 0.15) is 38.3 Å². The van der Waals surface area contributed by atoms with Crippen LogP contribution in [0, 0.1) is 5.82 Å². The van der Waals surface area contributed by atoms with Crippen LogP contribution in [-0.4, -0.2) is 25.1 Å². The Morgan fingerprint density at radius 2 is 2.10 bits per heavy atom. The smallest absolute Gasteiger partial charge is 0.237 e. The highest BCUT2D eigenvalue weighted by Gasteiger charge is 2.26. The highest BCUT2D eigenvalue weighted by atomic mass is 19.1. The number of nitrogens with one attached hydrogen (secondary N) is 2. The van der Waals surface area contributed by atoms with Gasteiger partial charge in [-0.15, -0.1) is 0 Å². The first-order valence-corrected chi connectivity index (χ1v) is 6.91. The molecule has 0 aliphatic heterocycles. The zero-order valence-electron chi connectivity index (χ0n) is 12.1. The van der Waals surface area contributed by atoms with Crippen LogP contribution < -0.4 is 15.4 Å². The summed E-state index contributed by atoms with van der Waals surface area (Å²) in [5, 5.41) is 6.17. The predicted octanol–water partition coefficient (Wildman–Crippen LogP) is 2.15. The molecule has 1 fully saturated rings. The molecule has 0 bridgehead atoms. The molecule has 1 saturated carbocycles. The minimum absolute atomic E-state index is 0.00780. The van der Waals surface area contributed by atoms with E-state index in [0.29, 0.717) is 6.04 Å². The highest BCUT2D eigenvalue weighted by Crippen LogP contribution is 2.23. The maximum atomic E-state index is 13.4. The number of ether oxygens (including phenoxy) is 1. The van der Waals surface area contributed by atoms with Gasteiger partial charge in [-0.1, -0.05) is 6.07 Å². The first-order valence-electron chi connectivity index (χ1n) is 6.91. The molecule has 1 aliphatic carbocycles. The number of methoxy groups -OCH3 is 1. The van der Waals surface area contributed by atoms with Crippen molar-refractivity contribution in [2.24, 2.45) is 0 Å². The Hall–Kier alpha value is -1.62. The average molecular weight is 280 g/mol. The van der Waals surface area contributed by atoms with Gasteiger partial charge in [-0.2, -0.15) is 0 Å². The van der Waals surface area contributed by atoms with E-state index < -0.39 is 0 Å². The van der Waals surface area contributed by atoms with Crippen LogP contribution in [0.4, 0.5) is 4.39 Å². The van der Waals surface area contributed by atoms with E-state index in [9.17, 15) is 9.18 Å². The topological polar surface area (TPSA) is 50.4 Å². The van der Waals surface area contributed by atoms with Gasteiger partial charge in [0.15, 0.2) is 11.6 Å². The summed E-state index contributed by atoms with van der Waals surface area (Å²) >= 11 is 0. The van der Waals surface area contributed by atoms with Gasteiger partial charge in [0.05, 0.1) is 13.2 Å². The number of carbonyl (C=O) groups is 1. The summed E-state index contributed by atoms with van der Waals surface area (Å²) in [6.07, 6.45) is 2.15. The monoisotopic (exact) mass is 280 g/mol. The van der Waals surface area contributed by atoms with Crippen molar-refractivity contribution in [3.05, 3.63) is 29.6 Å². The SMILES string of the molecule is COc1cc(C(C)NC(C)C(=O)NC2CC2)ccc1F. The number of carbonyl (C=O) groups excluding carboxylic acids is 1. The molecule has 0 spiro atoms. The van der Waals surface area contributed by atoms with Crippen LogP contribution >= 0.6 is 0 Å². The second-order valence-corrected chi connectivity index (χ2v) is 5.29. The van der Waals surface area contributed by atoms with Gasteiger partial charge in [0.1, 0.15) is 0 Å². The van der Waals surface area contributed by atoms with Crippen LogP contribution in [-0.2, 0) is 4.79 Å². The van der Waals surface area contributed by atoms with E-state index >= 15 is 0 Å². The van der Waals surface area contributed by atoms with E-state index in [1.54, 1.807) is 12.1 Å². The van der Waals surface area contributed by atoms with E-state index in [1.807, 2.05) is 13.8 Å². The molecule has 1 aromatic carbocycles. The molecular formula is C15H21FN2O2. The number of benzene rings is 1. The maximum absolute atomic E-state index is 13.4. The molecule has 4 nitrogen and oxygen atoms in total. The molecule has 2 unspecified atom stereocenters. The predicted molar refractivity (Wildman–Crippen MR) is 75.1 cm³/mol. The second kappa shape index (κ2) is 6.22. The van der Waals surface area contributed by atoms with E-state index in [1.165, 1.54) is 13.2 Å². The fourth-order valence-corrected chi connectivity index (χ4v) is 2.05. The summed E-state index contributed by atoms with van der Waals surface area (Å²) in [5.41, 5.74) is 0.884. The molecule has 1 aromatic rings. The molecule has 0 aromatic heterocycles. The average Bonchev–Trinajstić information content (AvgIpc) is 3.22. The Labute approximate surface area is 118 Å². The highest BCUT2D eigenvalue weighted by molar-refractivity contribution is 5.81. The van der Waals surface area contributed by atoms with Crippen molar-refractivity contribution in [2.75, 3.05) is 7.11 Å². The first kappa shape index (κ1) is 14.8. The molecular weight excluding hydrogens is 259 g/mol. The van der Waals surface area contributed by atoms with Crippen LogP contribution in [0.15, 0.2) is 18.2 Å². The number of rotatable bonds is 6. The van der Waals surface area contributed by atoms with Gasteiger partial charge in [-0.25, -0.2) is 4.39 Å². The summed E-state index contributed by atoms with van der Waals surface area (Å²) in [7, 11) is 1.44. The van der Waals surface area contributed by atoms with Crippen molar-refractivity contribution in [3.63, 3.8) is 0 Å². The Bertz CT molecular complexity index is 489. The summed E-state index contributed by atoms with van der Waals surface area (Å²) < 4.78 is 18.3. The van der Waals surface area contributed by atoms with Crippen LogP contribution in [0.2, 0.25) is 0 Å². The van der Waals surface area contributed by atoms with Gasteiger partial charge < -0.3 is 10.1 Å². The minimum atomic E-state index is -0.386. The largest absolute Gasteiger partial charge is 0.494 e. The van der Waals surface area contributed by atoms with Gasteiger partial charge >= 0.3 is 0 Å². The van der Waals surface area contributed by atoms with Gasteiger partial charge in [0.25, 0.3) is 0 Å². The number of hydrogen-bond donors (Lipinski definition) is 2. The van der Waals surface area contributed by atoms with Crippen molar-refractivity contribution < 1.29 is 13.9 Å². The Morgan fingerprint density at radius 3 is 2.70 bits per heavy atom. The van der Waals surface area contributed by atoms with Crippen LogP contribution in [0.25, 0.3) is 0 Å². The first-order chi connectivity index (χ1) is 9.51. The minimum Gasteiger partial charge on any atom is -0.494 e. The van der Waals surface area contributed by atoms with E-state index in [4.69, 9.17) is 4.74 Å². The number of hydrogen-bond acceptors (Lipinski definition) is 3. The molecule has 110 valence electrons. The van der Waals surface area contributed by atoms with Crippen molar-refractivity contribution in [2.45, 2.75) is 44.8 Å². The zero-order chi connectivity index (χ0) is 14.7. The molecule has 0 heterocycles. The van der Waals surface area contributed by atoms with E-state index in [0.717, 1.165) is 18.4 Å². The third-order valence-corrected chi connectivity index (χ3v) is 3.49. The van der Waals surface area contributed by atoms with Gasteiger partial charge in [0, 0.05) is 12.1 Å². The van der Waals surface area contributed by atoms with Crippen molar-refractivity contribution >= 4 is 5.91 Å². The third kappa shape index (κ3) is 3.70. The lowest BCUT2D eigenvalue weighted by Crippen LogP contribution is -2.43. The van der Waals surface area contributed by atoms with E-state index in [2.05, 4.69) is 10.6 Å². The van der Waals surface area contributed by atoms with Crippen molar-refractivity contribution in [1.82, 2.24) is 10.6 Å². The summed E-state index contributed by atoms with van der Waals surface area (Å²) in [5.74, 6) is -0.164. The molecule has 1 aliphatic rings. The lowest BCUT2D eigenvalue weighted by molar-refractivity contribution is -0.123. The van der Waals surface area contributed by atoms with Gasteiger partial charge in [-0.05, 0) is 44.4 Å². The molecule has 0 saturated heterocycles. The zero-order valence-corrected chi connectivity index (χ0v) is 12.1. The van der Waals surface area contributed by atoms with Crippen LogP contribution in [0.3, 0.4) is 0 Å². The molecule has 2 atom stereocenters. The number of halogens is 1. The lowest BCUT2D eigenvalue weighted by atomic mass is 10.1. The fraction of sp³-hybridized carbons (Fsp3) is 0.533. The third-order valence-electron chi connectivity index (χ3n) is 3.49. The van der Waals surface area contributed by atoms with E-state index in [-0.39, 0.29) is 29.6 Å². The van der Waals surface area contributed by atoms with Crippen molar-refractivity contribution in [3.8, 4) is 5.75 Å². The molecule has 0 radical (unpaired) electrons. The van der Waals surface area contributed by atoms with Crippen LogP contribution in [0.5, 0.6) is 5.75 Å². The summed E-state index contributed by atoms with van der Waals surface area (Å²) in [4.78, 5) is 11.9. The second-order valence-electron chi connectivity index (χ2n) is 5.29. The fourth-order valence-electron chi connectivity index (χ4n) is 2.05. The molecule has 5 heteroatoms. The molecule has 2 N–H and O–H groups in total. The van der Waals surface area contributed by atoms with Gasteiger partial charge in [0.2, 0.25) is 5.91 Å². The van der Waals surface area contributed by atoms with Crippen molar-refractivity contribution in [1.29, 1.82) is 0 Å². The maximum Gasteiger partial charge on any atom is 0.237 e. The Morgan fingerprint density at radius 1 is 1.40 bits per heavy atom. The standard InChI is InChI=1S/C15H21FN2O2/c1-9(11-4-7-13(16)14(8-11)20-3)17-10(2)15(19)18-12-5-6-12/h4,7-10,12,17H,5-6H2,1-3H3,(H,18,19). The Kier molecular flexibility index (Phi) is 4.60. The summed E-state index contributed by atoms with van der Waals surface area (Å²) in [6.45, 7) is 3.77. The normalized spacial score (nSPS) is 17.4. The quantitative estimate of drug-likeness (QED) is 0.839. The summed E-state index contributed by atoms with van der Waals surface area (Å²) in [6, 6.07) is 4.72. The van der Waals surface area contributed by atoms with Gasteiger partial charge in [-0.3, -0.25) is 10.1 Å².